The number of rotatable bonds is 4. The summed E-state index contributed by atoms with van der Waals surface area (Å²) in [5.41, 5.74) is 5.67. The van der Waals surface area contributed by atoms with Gasteiger partial charge in [-0.15, -0.1) is 0 Å². The van der Waals surface area contributed by atoms with Crippen LogP contribution in [0.3, 0.4) is 0 Å². The third-order valence-corrected chi connectivity index (χ3v) is 3.84. The minimum atomic E-state index is -0.198. The Bertz CT molecular complexity index is 283. The van der Waals surface area contributed by atoms with Crippen molar-refractivity contribution in [2.24, 2.45) is 5.73 Å². The molecule has 0 spiro atoms. The Morgan fingerprint density at radius 3 is 2.88 bits per heavy atom. The molecule has 2 aliphatic rings. The van der Waals surface area contributed by atoms with Crippen LogP contribution in [0.2, 0.25) is 0 Å². The maximum Gasteiger partial charge on any atom is 0.410 e. The van der Waals surface area contributed by atoms with Crippen LogP contribution in [0.4, 0.5) is 4.79 Å². The van der Waals surface area contributed by atoms with Crippen LogP contribution < -0.4 is 5.73 Å². The SMILES string of the molecule is CC(C)N1CCCC1CN1C(=O)OCC1CN. The van der Waals surface area contributed by atoms with Gasteiger partial charge in [0.1, 0.15) is 6.61 Å². The molecule has 0 bridgehead atoms. The lowest BCUT2D eigenvalue weighted by Gasteiger charge is -2.32. The standard InChI is InChI=1S/C12H23N3O2/c1-9(2)14-5-3-4-10(14)7-15-11(6-13)8-17-12(15)16/h9-11H,3-8,13H2,1-2H3. The molecule has 2 N–H and O–H groups in total. The number of hydrogen-bond donors (Lipinski definition) is 1. The molecule has 17 heavy (non-hydrogen) atoms. The van der Waals surface area contributed by atoms with Gasteiger partial charge in [0.15, 0.2) is 0 Å². The van der Waals surface area contributed by atoms with Crippen molar-refractivity contribution in [2.45, 2.75) is 44.8 Å². The molecule has 0 radical (unpaired) electrons. The summed E-state index contributed by atoms with van der Waals surface area (Å²) in [6.45, 7) is 7.25. The van der Waals surface area contributed by atoms with Crippen molar-refractivity contribution in [3.8, 4) is 0 Å². The molecular weight excluding hydrogens is 218 g/mol. The molecule has 2 fully saturated rings. The minimum Gasteiger partial charge on any atom is -0.447 e. The number of ether oxygens (including phenoxy) is 1. The van der Waals surface area contributed by atoms with Gasteiger partial charge >= 0.3 is 6.09 Å². The zero-order chi connectivity index (χ0) is 12.4. The molecule has 0 aromatic rings. The number of nitrogens with two attached hydrogens (primary N) is 1. The second kappa shape index (κ2) is 5.23. The Hall–Kier alpha value is -0.810. The summed E-state index contributed by atoms with van der Waals surface area (Å²) >= 11 is 0. The van der Waals surface area contributed by atoms with E-state index < -0.39 is 0 Å². The largest absolute Gasteiger partial charge is 0.447 e. The van der Waals surface area contributed by atoms with Crippen LogP contribution in [0.5, 0.6) is 0 Å². The van der Waals surface area contributed by atoms with Crippen LogP contribution in [0, 0.1) is 0 Å². The zero-order valence-electron chi connectivity index (χ0n) is 10.8. The van der Waals surface area contributed by atoms with Gasteiger partial charge in [-0.2, -0.15) is 0 Å². The van der Waals surface area contributed by atoms with Crippen molar-refractivity contribution in [3.05, 3.63) is 0 Å². The molecule has 2 atom stereocenters. The Kier molecular flexibility index (Phi) is 3.89. The molecule has 5 heteroatoms. The van der Waals surface area contributed by atoms with E-state index in [1.54, 1.807) is 0 Å². The topological polar surface area (TPSA) is 58.8 Å². The number of likely N-dealkylation sites (tertiary alicyclic amines) is 1. The first kappa shape index (κ1) is 12.6. The summed E-state index contributed by atoms with van der Waals surface area (Å²) in [5, 5.41) is 0. The maximum absolute atomic E-state index is 11.6. The van der Waals surface area contributed by atoms with E-state index in [0.29, 0.717) is 25.2 Å². The number of hydrogen-bond acceptors (Lipinski definition) is 4. The predicted molar refractivity (Wildman–Crippen MR) is 65.8 cm³/mol. The number of carbonyl (C=O) groups excluding carboxylic acids is 1. The van der Waals surface area contributed by atoms with Crippen molar-refractivity contribution in [2.75, 3.05) is 26.2 Å². The van der Waals surface area contributed by atoms with E-state index in [9.17, 15) is 4.79 Å². The lowest BCUT2D eigenvalue weighted by atomic mass is 10.1. The Labute approximate surface area is 103 Å². The third-order valence-electron chi connectivity index (χ3n) is 3.84. The third kappa shape index (κ3) is 2.55. The highest BCUT2D eigenvalue weighted by Gasteiger charge is 2.36. The van der Waals surface area contributed by atoms with Crippen LogP contribution in [0.1, 0.15) is 26.7 Å². The Balaban J connectivity index is 1.97. The molecule has 2 rings (SSSR count). The van der Waals surface area contributed by atoms with Gasteiger partial charge in [0.05, 0.1) is 6.04 Å². The summed E-state index contributed by atoms with van der Waals surface area (Å²) in [4.78, 5) is 15.9. The highest BCUT2D eigenvalue weighted by Crippen LogP contribution is 2.23. The number of nitrogens with zero attached hydrogens (tertiary/aromatic N) is 2. The predicted octanol–water partition coefficient (Wildman–Crippen LogP) is 0.639. The zero-order valence-corrected chi connectivity index (χ0v) is 10.8. The highest BCUT2D eigenvalue weighted by molar-refractivity contribution is 5.70. The average molecular weight is 241 g/mol. The molecule has 2 unspecified atom stereocenters. The van der Waals surface area contributed by atoms with Crippen LogP contribution in [0.15, 0.2) is 0 Å². The smallest absolute Gasteiger partial charge is 0.410 e. The quantitative estimate of drug-likeness (QED) is 0.784. The lowest BCUT2D eigenvalue weighted by Crippen LogP contribution is -2.48. The number of carbonyl (C=O) groups is 1. The summed E-state index contributed by atoms with van der Waals surface area (Å²) in [7, 11) is 0. The molecule has 1 amide bonds. The summed E-state index contributed by atoms with van der Waals surface area (Å²) < 4.78 is 5.06. The molecule has 0 aromatic heterocycles. The van der Waals surface area contributed by atoms with Crippen molar-refractivity contribution >= 4 is 6.09 Å². The van der Waals surface area contributed by atoms with Gasteiger partial charge in [-0.25, -0.2) is 4.79 Å². The fourth-order valence-electron chi connectivity index (χ4n) is 2.87. The fraction of sp³-hybridized carbons (Fsp3) is 0.917. The highest BCUT2D eigenvalue weighted by atomic mass is 16.6. The molecule has 2 saturated heterocycles. The molecule has 0 saturated carbocycles. The van der Waals surface area contributed by atoms with Gasteiger partial charge in [0, 0.05) is 25.2 Å². The summed E-state index contributed by atoms with van der Waals surface area (Å²) in [5.74, 6) is 0. The lowest BCUT2D eigenvalue weighted by molar-refractivity contribution is 0.133. The normalized spacial score (nSPS) is 30.4. The van der Waals surface area contributed by atoms with Crippen molar-refractivity contribution in [3.63, 3.8) is 0 Å². The van der Waals surface area contributed by atoms with Crippen molar-refractivity contribution < 1.29 is 9.53 Å². The van der Waals surface area contributed by atoms with Gasteiger partial charge in [-0.3, -0.25) is 9.80 Å². The Morgan fingerprint density at radius 2 is 2.24 bits per heavy atom. The number of amides is 1. The maximum atomic E-state index is 11.6. The molecule has 2 aliphatic heterocycles. The van der Waals surface area contributed by atoms with Crippen LogP contribution in [-0.4, -0.2) is 60.3 Å². The summed E-state index contributed by atoms with van der Waals surface area (Å²) in [6, 6.07) is 1.07. The van der Waals surface area contributed by atoms with E-state index in [2.05, 4.69) is 18.7 Å². The summed E-state index contributed by atoms with van der Waals surface area (Å²) in [6.07, 6.45) is 2.19. The molecule has 0 aliphatic carbocycles. The Morgan fingerprint density at radius 1 is 1.47 bits per heavy atom. The first-order valence-corrected chi connectivity index (χ1v) is 6.52. The van der Waals surface area contributed by atoms with Crippen LogP contribution in [-0.2, 0) is 4.74 Å². The second-order valence-electron chi connectivity index (χ2n) is 5.25. The van der Waals surface area contributed by atoms with E-state index in [1.165, 1.54) is 12.8 Å². The van der Waals surface area contributed by atoms with E-state index in [-0.39, 0.29) is 12.1 Å². The van der Waals surface area contributed by atoms with Gasteiger partial charge in [0.2, 0.25) is 0 Å². The number of cyclic esters (lactones) is 1. The van der Waals surface area contributed by atoms with Gasteiger partial charge < -0.3 is 10.5 Å². The molecule has 2 heterocycles. The fourth-order valence-corrected chi connectivity index (χ4v) is 2.87. The van der Waals surface area contributed by atoms with Gasteiger partial charge in [-0.05, 0) is 33.2 Å². The van der Waals surface area contributed by atoms with E-state index >= 15 is 0 Å². The first-order valence-electron chi connectivity index (χ1n) is 6.52. The van der Waals surface area contributed by atoms with E-state index in [4.69, 9.17) is 10.5 Å². The second-order valence-corrected chi connectivity index (χ2v) is 5.25. The van der Waals surface area contributed by atoms with Gasteiger partial charge in [-0.1, -0.05) is 0 Å². The molecule has 98 valence electrons. The monoisotopic (exact) mass is 241 g/mol. The molecular formula is C12H23N3O2. The molecule has 5 nitrogen and oxygen atoms in total. The first-order chi connectivity index (χ1) is 8.13. The van der Waals surface area contributed by atoms with E-state index in [0.717, 1.165) is 13.1 Å². The van der Waals surface area contributed by atoms with Crippen molar-refractivity contribution in [1.29, 1.82) is 0 Å². The minimum absolute atomic E-state index is 0.0668. The average Bonchev–Trinajstić information content (AvgIpc) is 2.88. The van der Waals surface area contributed by atoms with Gasteiger partial charge in [0.25, 0.3) is 0 Å². The molecule has 0 aromatic carbocycles. The van der Waals surface area contributed by atoms with Crippen LogP contribution >= 0.6 is 0 Å². The van der Waals surface area contributed by atoms with Crippen LogP contribution in [0.25, 0.3) is 0 Å². The van der Waals surface area contributed by atoms with E-state index in [1.807, 2.05) is 4.90 Å². The van der Waals surface area contributed by atoms with Crippen molar-refractivity contribution in [1.82, 2.24) is 9.80 Å².